The number of piperidine rings is 1. The number of benzene rings is 1. The fourth-order valence-corrected chi connectivity index (χ4v) is 2.25. The summed E-state index contributed by atoms with van der Waals surface area (Å²) in [6.45, 7) is 1.82. The number of amides is 1. The lowest BCUT2D eigenvalue weighted by Crippen LogP contribution is -2.46. The Labute approximate surface area is 134 Å². The molecule has 1 fully saturated rings. The van der Waals surface area contributed by atoms with Crippen molar-refractivity contribution in [1.29, 1.82) is 0 Å². The van der Waals surface area contributed by atoms with Gasteiger partial charge in [0, 0.05) is 18.7 Å². The molecule has 0 aromatic heterocycles. The standard InChI is InChI=1S/C13H16Cl2N2O2.ClH/c14-11-4-3-10(6-12(11)15)19-8-13(18)17-9-2-1-5-16-7-9;/h3-4,6,9,16H,1-2,5,7-8H2,(H,17,18);1H/t9-;/m0./s1. The molecule has 1 heterocycles. The van der Waals surface area contributed by atoms with Gasteiger partial charge >= 0.3 is 0 Å². The maximum Gasteiger partial charge on any atom is 0.258 e. The Hall–Kier alpha value is -0.680. The first-order valence-electron chi connectivity index (χ1n) is 6.23. The molecule has 112 valence electrons. The lowest BCUT2D eigenvalue weighted by Gasteiger charge is -2.23. The second-order valence-corrected chi connectivity index (χ2v) is 5.29. The van der Waals surface area contributed by atoms with Gasteiger partial charge in [-0.2, -0.15) is 0 Å². The van der Waals surface area contributed by atoms with E-state index in [1.54, 1.807) is 18.2 Å². The molecule has 0 radical (unpaired) electrons. The normalized spacial score (nSPS) is 18.0. The summed E-state index contributed by atoms with van der Waals surface area (Å²) in [5.74, 6) is 0.408. The third-order valence-corrected chi connectivity index (χ3v) is 3.66. The summed E-state index contributed by atoms with van der Waals surface area (Å²) < 4.78 is 5.37. The summed E-state index contributed by atoms with van der Waals surface area (Å²) in [5.41, 5.74) is 0. The lowest BCUT2D eigenvalue weighted by atomic mass is 10.1. The molecule has 0 spiro atoms. The van der Waals surface area contributed by atoms with Crippen LogP contribution in [0.1, 0.15) is 12.8 Å². The Morgan fingerprint density at radius 2 is 2.20 bits per heavy atom. The Morgan fingerprint density at radius 1 is 1.40 bits per heavy atom. The second kappa shape index (κ2) is 8.57. The van der Waals surface area contributed by atoms with Gasteiger partial charge in [0.05, 0.1) is 10.0 Å². The highest BCUT2D eigenvalue weighted by Gasteiger charge is 2.15. The van der Waals surface area contributed by atoms with Crippen molar-refractivity contribution in [3.05, 3.63) is 28.2 Å². The van der Waals surface area contributed by atoms with Gasteiger partial charge in [0.25, 0.3) is 5.91 Å². The van der Waals surface area contributed by atoms with E-state index in [9.17, 15) is 4.79 Å². The molecule has 0 saturated carbocycles. The van der Waals surface area contributed by atoms with E-state index in [1.807, 2.05) is 0 Å². The summed E-state index contributed by atoms with van der Waals surface area (Å²) in [5, 5.41) is 7.05. The highest BCUT2D eigenvalue weighted by atomic mass is 35.5. The van der Waals surface area contributed by atoms with E-state index in [-0.39, 0.29) is 31.0 Å². The molecule has 2 rings (SSSR count). The van der Waals surface area contributed by atoms with Crippen LogP contribution in [0.25, 0.3) is 0 Å². The SMILES string of the molecule is Cl.O=C(COc1ccc(Cl)c(Cl)c1)N[C@H]1CCCNC1. The van der Waals surface area contributed by atoms with E-state index in [1.165, 1.54) is 0 Å². The van der Waals surface area contributed by atoms with Crippen LogP contribution in [0.2, 0.25) is 10.0 Å². The Kier molecular flexibility index (Phi) is 7.45. The zero-order chi connectivity index (χ0) is 13.7. The van der Waals surface area contributed by atoms with E-state index >= 15 is 0 Å². The highest BCUT2D eigenvalue weighted by Crippen LogP contribution is 2.26. The average Bonchev–Trinajstić information content (AvgIpc) is 2.41. The number of carbonyl (C=O) groups excluding carboxylic acids is 1. The van der Waals surface area contributed by atoms with Gasteiger partial charge in [-0.05, 0) is 31.5 Å². The average molecular weight is 340 g/mol. The third-order valence-electron chi connectivity index (χ3n) is 2.92. The minimum atomic E-state index is -0.125. The fraction of sp³-hybridized carbons (Fsp3) is 0.462. The maximum absolute atomic E-state index is 11.7. The van der Waals surface area contributed by atoms with Crippen molar-refractivity contribution >= 4 is 41.5 Å². The van der Waals surface area contributed by atoms with Crippen LogP contribution < -0.4 is 15.4 Å². The van der Waals surface area contributed by atoms with Crippen LogP contribution in [0.4, 0.5) is 0 Å². The predicted molar refractivity (Wildman–Crippen MR) is 83.2 cm³/mol. The molecule has 4 nitrogen and oxygen atoms in total. The Bertz CT molecular complexity index is 451. The third kappa shape index (κ3) is 5.37. The quantitative estimate of drug-likeness (QED) is 0.887. The van der Waals surface area contributed by atoms with Crippen LogP contribution in [0.15, 0.2) is 18.2 Å². The van der Waals surface area contributed by atoms with Gasteiger partial charge < -0.3 is 15.4 Å². The summed E-state index contributed by atoms with van der Waals surface area (Å²) in [6.07, 6.45) is 2.09. The van der Waals surface area contributed by atoms with E-state index in [4.69, 9.17) is 27.9 Å². The lowest BCUT2D eigenvalue weighted by molar-refractivity contribution is -0.123. The Morgan fingerprint density at radius 3 is 2.85 bits per heavy atom. The van der Waals surface area contributed by atoms with Crippen molar-refractivity contribution in [1.82, 2.24) is 10.6 Å². The van der Waals surface area contributed by atoms with Gasteiger partial charge in [-0.25, -0.2) is 0 Å². The minimum Gasteiger partial charge on any atom is -0.484 e. The van der Waals surface area contributed by atoms with Crippen molar-refractivity contribution < 1.29 is 9.53 Å². The van der Waals surface area contributed by atoms with Gasteiger partial charge in [0.1, 0.15) is 5.75 Å². The molecule has 1 aromatic rings. The molecule has 1 amide bonds. The number of nitrogens with one attached hydrogen (secondary N) is 2. The molecule has 1 atom stereocenters. The first-order chi connectivity index (χ1) is 9.15. The molecular formula is C13H17Cl3N2O2. The molecule has 0 unspecified atom stereocenters. The first kappa shape index (κ1) is 17.4. The van der Waals surface area contributed by atoms with Crippen LogP contribution >= 0.6 is 35.6 Å². The van der Waals surface area contributed by atoms with Crippen LogP contribution in [-0.4, -0.2) is 31.6 Å². The first-order valence-corrected chi connectivity index (χ1v) is 6.98. The number of hydrogen-bond acceptors (Lipinski definition) is 3. The molecule has 1 aromatic carbocycles. The van der Waals surface area contributed by atoms with Crippen molar-refractivity contribution in [2.24, 2.45) is 0 Å². The van der Waals surface area contributed by atoms with Crippen LogP contribution in [-0.2, 0) is 4.79 Å². The van der Waals surface area contributed by atoms with E-state index in [2.05, 4.69) is 10.6 Å². The zero-order valence-electron chi connectivity index (χ0n) is 10.8. The van der Waals surface area contributed by atoms with Crippen LogP contribution in [0.3, 0.4) is 0 Å². The van der Waals surface area contributed by atoms with Gasteiger partial charge in [-0.1, -0.05) is 23.2 Å². The maximum atomic E-state index is 11.7. The molecule has 0 bridgehead atoms. The van der Waals surface area contributed by atoms with Gasteiger partial charge in [-0.3, -0.25) is 4.79 Å². The van der Waals surface area contributed by atoms with Crippen molar-refractivity contribution in [2.75, 3.05) is 19.7 Å². The smallest absolute Gasteiger partial charge is 0.258 e. The number of carbonyl (C=O) groups is 1. The molecule has 1 aliphatic rings. The van der Waals surface area contributed by atoms with Crippen molar-refractivity contribution in [3.8, 4) is 5.75 Å². The number of halogens is 3. The zero-order valence-corrected chi connectivity index (χ0v) is 13.2. The number of ether oxygens (including phenoxy) is 1. The molecule has 2 N–H and O–H groups in total. The fourth-order valence-electron chi connectivity index (χ4n) is 1.96. The monoisotopic (exact) mass is 338 g/mol. The summed E-state index contributed by atoms with van der Waals surface area (Å²) in [4.78, 5) is 11.7. The molecular weight excluding hydrogens is 323 g/mol. The van der Waals surface area contributed by atoms with E-state index < -0.39 is 0 Å². The molecule has 20 heavy (non-hydrogen) atoms. The largest absolute Gasteiger partial charge is 0.484 e. The van der Waals surface area contributed by atoms with Gasteiger partial charge in [-0.15, -0.1) is 12.4 Å². The molecule has 1 saturated heterocycles. The van der Waals surface area contributed by atoms with Crippen molar-refractivity contribution in [3.63, 3.8) is 0 Å². The van der Waals surface area contributed by atoms with E-state index in [0.29, 0.717) is 15.8 Å². The van der Waals surface area contributed by atoms with Gasteiger partial charge in [0.15, 0.2) is 6.61 Å². The molecule has 7 heteroatoms. The van der Waals surface area contributed by atoms with Crippen LogP contribution in [0.5, 0.6) is 5.75 Å². The summed E-state index contributed by atoms with van der Waals surface area (Å²) in [7, 11) is 0. The Balaban J connectivity index is 0.00000200. The summed E-state index contributed by atoms with van der Waals surface area (Å²) in [6, 6.07) is 5.11. The molecule has 1 aliphatic heterocycles. The van der Waals surface area contributed by atoms with Gasteiger partial charge in [0.2, 0.25) is 0 Å². The topological polar surface area (TPSA) is 50.4 Å². The second-order valence-electron chi connectivity index (χ2n) is 4.48. The predicted octanol–water partition coefficient (Wildman–Crippen LogP) is 2.66. The molecule has 0 aliphatic carbocycles. The number of rotatable bonds is 4. The number of hydrogen-bond donors (Lipinski definition) is 2. The summed E-state index contributed by atoms with van der Waals surface area (Å²) >= 11 is 11.7. The van der Waals surface area contributed by atoms with E-state index in [0.717, 1.165) is 25.9 Å². The minimum absolute atomic E-state index is 0. The van der Waals surface area contributed by atoms with Crippen LogP contribution in [0, 0.1) is 0 Å². The highest BCUT2D eigenvalue weighted by molar-refractivity contribution is 6.42. The van der Waals surface area contributed by atoms with Crippen molar-refractivity contribution in [2.45, 2.75) is 18.9 Å².